The monoisotopic (exact) mass is 124 g/mol. The van der Waals surface area contributed by atoms with Crippen molar-refractivity contribution < 1.29 is 5.11 Å². The van der Waals surface area contributed by atoms with Crippen molar-refractivity contribution in [1.29, 1.82) is 0 Å². The Morgan fingerprint density at radius 2 is 2.22 bits per heavy atom. The summed E-state index contributed by atoms with van der Waals surface area (Å²) in [6, 6.07) is 3.57. The highest BCUT2D eigenvalue weighted by Gasteiger charge is 1.89. The van der Waals surface area contributed by atoms with Gasteiger partial charge in [0.25, 0.3) is 0 Å². The van der Waals surface area contributed by atoms with Gasteiger partial charge in [0, 0.05) is 0 Å². The van der Waals surface area contributed by atoms with E-state index < -0.39 is 0 Å². The summed E-state index contributed by atoms with van der Waals surface area (Å²) in [5.41, 5.74) is 1.48. The van der Waals surface area contributed by atoms with Crippen LogP contribution >= 0.6 is 0 Å². The normalized spacial score (nSPS) is 9.56. The molecule has 1 N–H and O–H groups in total. The number of aryl methyl sites for hydroxylation is 1. The Bertz CT molecular complexity index is 183. The maximum absolute atomic E-state index is 8.53. The Morgan fingerprint density at radius 1 is 1.44 bits per heavy atom. The zero-order chi connectivity index (χ0) is 6.69. The second kappa shape index (κ2) is 2.55. The van der Waals surface area contributed by atoms with Gasteiger partial charge in [0.2, 0.25) is 0 Å². The highest BCUT2D eigenvalue weighted by atomic mass is 16.3. The fourth-order valence-electron chi connectivity index (χ4n) is 0.511. The molecule has 1 aromatic rings. The molecule has 0 saturated heterocycles. The standard InChI is InChI=1S/C6H8N2O/c1-5-2-3-6(4-9)8-7-5/h2-3,9H,4H2,1H3. The van der Waals surface area contributed by atoms with Gasteiger partial charge < -0.3 is 5.11 Å². The van der Waals surface area contributed by atoms with Crippen molar-refractivity contribution in [2.45, 2.75) is 13.5 Å². The van der Waals surface area contributed by atoms with Gasteiger partial charge in [-0.1, -0.05) is 0 Å². The molecule has 1 rings (SSSR count). The lowest BCUT2D eigenvalue weighted by molar-refractivity contribution is 0.275. The van der Waals surface area contributed by atoms with Crippen LogP contribution in [0.4, 0.5) is 0 Å². The predicted molar refractivity (Wildman–Crippen MR) is 32.7 cm³/mol. The minimum absolute atomic E-state index is 0.0344. The van der Waals surface area contributed by atoms with E-state index in [-0.39, 0.29) is 6.61 Å². The van der Waals surface area contributed by atoms with E-state index in [1.165, 1.54) is 0 Å². The van der Waals surface area contributed by atoms with E-state index in [4.69, 9.17) is 5.11 Å². The smallest absolute Gasteiger partial charge is 0.0885 e. The fourth-order valence-corrected chi connectivity index (χ4v) is 0.511. The molecule has 0 saturated carbocycles. The Morgan fingerprint density at radius 3 is 2.67 bits per heavy atom. The lowest BCUT2D eigenvalue weighted by Gasteiger charge is -1.91. The van der Waals surface area contributed by atoms with Gasteiger partial charge in [0.05, 0.1) is 18.0 Å². The molecule has 0 atom stereocenters. The maximum atomic E-state index is 8.53. The molecule has 1 aromatic heterocycles. The van der Waals surface area contributed by atoms with Crippen molar-refractivity contribution >= 4 is 0 Å². The van der Waals surface area contributed by atoms with Crippen LogP contribution < -0.4 is 0 Å². The van der Waals surface area contributed by atoms with Crippen LogP contribution in [0.15, 0.2) is 12.1 Å². The van der Waals surface area contributed by atoms with Crippen molar-refractivity contribution in [3.8, 4) is 0 Å². The van der Waals surface area contributed by atoms with Crippen LogP contribution in [-0.4, -0.2) is 15.3 Å². The largest absolute Gasteiger partial charge is 0.390 e. The number of aliphatic hydroxyl groups is 1. The zero-order valence-corrected chi connectivity index (χ0v) is 5.20. The minimum atomic E-state index is -0.0344. The molecule has 0 unspecified atom stereocenters. The van der Waals surface area contributed by atoms with Crippen LogP contribution in [-0.2, 0) is 6.61 Å². The van der Waals surface area contributed by atoms with Crippen LogP contribution in [0.3, 0.4) is 0 Å². The van der Waals surface area contributed by atoms with Gasteiger partial charge in [-0.15, -0.1) is 0 Å². The molecule has 1 heterocycles. The third-order valence-corrected chi connectivity index (χ3v) is 1.02. The number of hydrogen-bond donors (Lipinski definition) is 1. The van der Waals surface area contributed by atoms with Gasteiger partial charge >= 0.3 is 0 Å². The number of rotatable bonds is 1. The van der Waals surface area contributed by atoms with Gasteiger partial charge in [-0.3, -0.25) is 0 Å². The van der Waals surface area contributed by atoms with Gasteiger partial charge in [-0.05, 0) is 19.1 Å². The van der Waals surface area contributed by atoms with Gasteiger partial charge in [-0.2, -0.15) is 10.2 Å². The maximum Gasteiger partial charge on any atom is 0.0885 e. The molecule has 48 valence electrons. The highest BCUT2D eigenvalue weighted by Crippen LogP contribution is 1.92. The van der Waals surface area contributed by atoms with Crippen LogP contribution in [0.25, 0.3) is 0 Å². The molecule has 0 fully saturated rings. The summed E-state index contributed by atoms with van der Waals surface area (Å²) in [7, 11) is 0. The van der Waals surface area contributed by atoms with Gasteiger partial charge in [0.15, 0.2) is 0 Å². The molecule has 0 spiro atoms. The second-order valence-electron chi connectivity index (χ2n) is 1.82. The van der Waals surface area contributed by atoms with Crippen LogP contribution in [0, 0.1) is 6.92 Å². The summed E-state index contributed by atoms with van der Waals surface area (Å²) in [6.45, 7) is 1.82. The first-order valence-corrected chi connectivity index (χ1v) is 2.73. The lowest BCUT2D eigenvalue weighted by atomic mass is 10.3. The first-order chi connectivity index (χ1) is 4.33. The Balaban J connectivity index is 2.88. The SMILES string of the molecule is Cc1ccc(CO)nn1. The van der Waals surface area contributed by atoms with Crippen molar-refractivity contribution in [1.82, 2.24) is 10.2 Å². The molecule has 0 bridgehead atoms. The van der Waals surface area contributed by atoms with E-state index in [1.807, 2.05) is 13.0 Å². The topological polar surface area (TPSA) is 46.0 Å². The first-order valence-electron chi connectivity index (χ1n) is 2.73. The van der Waals surface area contributed by atoms with Gasteiger partial charge in [0.1, 0.15) is 0 Å². The van der Waals surface area contributed by atoms with Crippen molar-refractivity contribution in [3.05, 3.63) is 23.5 Å². The summed E-state index contributed by atoms with van der Waals surface area (Å²) in [4.78, 5) is 0. The molecule has 9 heavy (non-hydrogen) atoms. The molecule has 0 aliphatic heterocycles. The first kappa shape index (κ1) is 6.16. The molecule has 3 heteroatoms. The molecule has 3 nitrogen and oxygen atoms in total. The summed E-state index contributed by atoms with van der Waals surface area (Å²) < 4.78 is 0. The minimum Gasteiger partial charge on any atom is -0.390 e. The van der Waals surface area contributed by atoms with E-state index >= 15 is 0 Å². The van der Waals surface area contributed by atoms with Crippen LogP contribution in [0.1, 0.15) is 11.4 Å². The van der Waals surface area contributed by atoms with E-state index in [0.717, 1.165) is 5.69 Å². The predicted octanol–water partition coefficient (Wildman–Crippen LogP) is 0.277. The zero-order valence-electron chi connectivity index (χ0n) is 5.20. The van der Waals surface area contributed by atoms with Crippen LogP contribution in [0.5, 0.6) is 0 Å². The van der Waals surface area contributed by atoms with E-state index in [2.05, 4.69) is 10.2 Å². The third kappa shape index (κ3) is 1.47. The van der Waals surface area contributed by atoms with Crippen molar-refractivity contribution in [3.63, 3.8) is 0 Å². The highest BCUT2D eigenvalue weighted by molar-refractivity contribution is 5.03. The average Bonchev–Trinajstić information content (AvgIpc) is 1.90. The summed E-state index contributed by atoms with van der Waals surface area (Å²) in [5, 5.41) is 16.0. The Labute approximate surface area is 53.4 Å². The fraction of sp³-hybridized carbons (Fsp3) is 0.333. The molecule has 0 amide bonds. The number of aliphatic hydroxyl groups excluding tert-OH is 1. The van der Waals surface area contributed by atoms with E-state index in [9.17, 15) is 0 Å². The number of nitrogens with zero attached hydrogens (tertiary/aromatic N) is 2. The Hall–Kier alpha value is -0.960. The summed E-state index contributed by atoms with van der Waals surface area (Å²) >= 11 is 0. The third-order valence-electron chi connectivity index (χ3n) is 1.02. The summed E-state index contributed by atoms with van der Waals surface area (Å²) in [5.74, 6) is 0. The quantitative estimate of drug-likeness (QED) is 0.584. The molecule has 0 radical (unpaired) electrons. The van der Waals surface area contributed by atoms with Crippen molar-refractivity contribution in [2.75, 3.05) is 0 Å². The summed E-state index contributed by atoms with van der Waals surface area (Å²) in [6.07, 6.45) is 0. The van der Waals surface area contributed by atoms with E-state index in [0.29, 0.717) is 5.69 Å². The Kier molecular flexibility index (Phi) is 1.75. The van der Waals surface area contributed by atoms with Crippen LogP contribution in [0.2, 0.25) is 0 Å². The lowest BCUT2D eigenvalue weighted by Crippen LogP contribution is -1.92. The van der Waals surface area contributed by atoms with E-state index in [1.54, 1.807) is 6.07 Å². The second-order valence-corrected chi connectivity index (χ2v) is 1.82. The number of aromatic nitrogens is 2. The molecule has 0 aliphatic carbocycles. The van der Waals surface area contributed by atoms with Gasteiger partial charge in [-0.25, -0.2) is 0 Å². The average molecular weight is 124 g/mol. The number of hydrogen-bond acceptors (Lipinski definition) is 3. The van der Waals surface area contributed by atoms with Crippen molar-refractivity contribution in [2.24, 2.45) is 0 Å². The molecular weight excluding hydrogens is 116 g/mol. The molecular formula is C6H8N2O. The molecule has 0 aromatic carbocycles. The molecule has 0 aliphatic rings.